The second kappa shape index (κ2) is 8.61. The molecule has 0 aliphatic rings. The molecule has 4 aromatic rings. The highest BCUT2D eigenvalue weighted by molar-refractivity contribution is 6.31. The first-order valence-corrected chi connectivity index (χ1v) is 9.89. The largest absolute Gasteiger partial charge is 0.458 e. The number of hydrogen-bond acceptors (Lipinski definition) is 6. The molecule has 0 radical (unpaired) electrons. The van der Waals surface area contributed by atoms with Crippen LogP contribution in [0.1, 0.15) is 17.0 Å². The zero-order valence-electron chi connectivity index (χ0n) is 16.9. The van der Waals surface area contributed by atoms with Crippen molar-refractivity contribution in [3.05, 3.63) is 86.9 Å². The van der Waals surface area contributed by atoms with Gasteiger partial charge in [0.05, 0.1) is 16.6 Å². The van der Waals surface area contributed by atoms with E-state index >= 15 is 0 Å². The van der Waals surface area contributed by atoms with Gasteiger partial charge < -0.3 is 9.57 Å². The third-order valence-corrected chi connectivity index (χ3v) is 4.76. The molecule has 4 rings (SSSR count). The van der Waals surface area contributed by atoms with Crippen molar-refractivity contribution < 1.29 is 14.4 Å². The molecule has 31 heavy (non-hydrogen) atoms. The predicted octanol–water partition coefficient (Wildman–Crippen LogP) is 3.02. The molecule has 0 aliphatic heterocycles. The number of benzene rings is 2. The third-order valence-electron chi connectivity index (χ3n) is 4.53. The SMILES string of the molecule is Cc1cc(C)n(-c2nc3ccc(Cl)cc3c(=O)n2OCC(=O)OCc2ccccc2)n1. The van der Waals surface area contributed by atoms with Gasteiger partial charge in [-0.25, -0.2) is 14.5 Å². The Labute approximate surface area is 182 Å². The summed E-state index contributed by atoms with van der Waals surface area (Å²) in [5.74, 6) is -0.498. The maximum Gasteiger partial charge on any atom is 0.347 e. The number of aryl methyl sites for hydroxylation is 2. The molecule has 8 nitrogen and oxygen atoms in total. The lowest BCUT2D eigenvalue weighted by Crippen LogP contribution is -2.35. The maximum atomic E-state index is 13.1. The van der Waals surface area contributed by atoms with Crippen LogP contribution in [0.4, 0.5) is 0 Å². The van der Waals surface area contributed by atoms with E-state index in [1.165, 1.54) is 10.7 Å². The van der Waals surface area contributed by atoms with E-state index in [1.54, 1.807) is 12.1 Å². The summed E-state index contributed by atoms with van der Waals surface area (Å²) in [6.45, 7) is 3.28. The minimum absolute atomic E-state index is 0.105. The van der Waals surface area contributed by atoms with Gasteiger partial charge in [0.1, 0.15) is 6.61 Å². The van der Waals surface area contributed by atoms with Gasteiger partial charge in [0.25, 0.3) is 11.5 Å². The minimum atomic E-state index is -0.624. The average molecular weight is 439 g/mol. The second-order valence-corrected chi connectivity index (χ2v) is 7.37. The Morgan fingerprint density at radius 1 is 1.10 bits per heavy atom. The molecule has 0 N–H and O–H groups in total. The summed E-state index contributed by atoms with van der Waals surface area (Å²) in [6.07, 6.45) is 0. The van der Waals surface area contributed by atoms with E-state index in [9.17, 15) is 9.59 Å². The van der Waals surface area contributed by atoms with Crippen LogP contribution in [0.5, 0.6) is 0 Å². The van der Waals surface area contributed by atoms with Gasteiger partial charge in [-0.3, -0.25) is 4.79 Å². The van der Waals surface area contributed by atoms with Crippen molar-refractivity contribution in [3.63, 3.8) is 0 Å². The zero-order chi connectivity index (χ0) is 22.0. The summed E-state index contributed by atoms with van der Waals surface area (Å²) in [5.41, 5.74) is 2.27. The first-order valence-electron chi connectivity index (χ1n) is 9.51. The first-order chi connectivity index (χ1) is 14.9. The van der Waals surface area contributed by atoms with Crippen LogP contribution in [0.2, 0.25) is 5.02 Å². The molecular formula is C22H19ClN4O4. The maximum absolute atomic E-state index is 13.1. The minimum Gasteiger partial charge on any atom is -0.458 e. The van der Waals surface area contributed by atoms with Gasteiger partial charge in [-0.1, -0.05) is 41.9 Å². The van der Waals surface area contributed by atoms with Crippen molar-refractivity contribution in [1.82, 2.24) is 19.5 Å². The van der Waals surface area contributed by atoms with Crippen LogP contribution in [-0.4, -0.2) is 32.1 Å². The van der Waals surface area contributed by atoms with Crippen molar-refractivity contribution in [3.8, 4) is 5.95 Å². The van der Waals surface area contributed by atoms with E-state index in [4.69, 9.17) is 21.2 Å². The molecule has 0 fully saturated rings. The fourth-order valence-corrected chi connectivity index (χ4v) is 3.28. The van der Waals surface area contributed by atoms with Gasteiger partial charge >= 0.3 is 5.97 Å². The van der Waals surface area contributed by atoms with E-state index in [-0.39, 0.29) is 17.9 Å². The molecule has 9 heteroatoms. The Balaban J connectivity index is 1.65. The predicted molar refractivity (Wildman–Crippen MR) is 115 cm³/mol. The highest BCUT2D eigenvalue weighted by Crippen LogP contribution is 2.17. The molecule has 0 saturated carbocycles. The lowest BCUT2D eigenvalue weighted by Gasteiger charge is -2.14. The van der Waals surface area contributed by atoms with Crippen LogP contribution in [0.3, 0.4) is 0 Å². The average Bonchev–Trinajstić information content (AvgIpc) is 3.10. The number of ether oxygens (including phenoxy) is 1. The van der Waals surface area contributed by atoms with Crippen LogP contribution in [0.15, 0.2) is 59.4 Å². The summed E-state index contributed by atoms with van der Waals surface area (Å²) < 4.78 is 7.66. The van der Waals surface area contributed by atoms with Crippen molar-refractivity contribution in [1.29, 1.82) is 0 Å². The van der Waals surface area contributed by atoms with Crippen molar-refractivity contribution in [2.24, 2.45) is 0 Å². The number of nitrogens with zero attached hydrogens (tertiary/aromatic N) is 4. The first kappa shape index (κ1) is 20.6. The molecule has 158 valence electrons. The Bertz CT molecular complexity index is 1310. The van der Waals surface area contributed by atoms with Crippen LogP contribution in [0, 0.1) is 13.8 Å². The summed E-state index contributed by atoms with van der Waals surface area (Å²) in [4.78, 5) is 35.4. The lowest BCUT2D eigenvalue weighted by atomic mass is 10.2. The smallest absolute Gasteiger partial charge is 0.347 e. The summed E-state index contributed by atoms with van der Waals surface area (Å²) in [7, 11) is 0. The number of carbonyl (C=O) groups is 1. The fourth-order valence-electron chi connectivity index (χ4n) is 3.11. The Morgan fingerprint density at radius 3 is 2.58 bits per heavy atom. The number of rotatable bonds is 6. The van der Waals surface area contributed by atoms with Crippen molar-refractivity contribution in [2.45, 2.75) is 20.5 Å². The molecule has 0 saturated heterocycles. The van der Waals surface area contributed by atoms with Crippen LogP contribution >= 0.6 is 11.6 Å². The Hall–Kier alpha value is -3.65. The topological polar surface area (TPSA) is 88.2 Å². The molecule has 2 aromatic carbocycles. The van der Waals surface area contributed by atoms with Gasteiger partial charge in [0.15, 0.2) is 0 Å². The van der Waals surface area contributed by atoms with Gasteiger partial charge in [-0.2, -0.15) is 5.10 Å². The number of hydrogen-bond donors (Lipinski definition) is 0. The second-order valence-electron chi connectivity index (χ2n) is 6.93. The molecule has 0 spiro atoms. The Morgan fingerprint density at radius 2 is 1.87 bits per heavy atom. The molecule has 0 aliphatic carbocycles. The molecule has 2 aromatic heterocycles. The molecular weight excluding hydrogens is 420 g/mol. The lowest BCUT2D eigenvalue weighted by molar-refractivity contribution is -0.150. The number of esters is 1. The van der Waals surface area contributed by atoms with Crippen LogP contribution < -0.4 is 10.4 Å². The number of halogens is 1. The molecule has 0 atom stereocenters. The quantitative estimate of drug-likeness (QED) is 0.430. The highest BCUT2D eigenvalue weighted by Gasteiger charge is 2.18. The summed E-state index contributed by atoms with van der Waals surface area (Å²) in [5, 5.41) is 5.03. The van der Waals surface area contributed by atoms with E-state index in [0.717, 1.165) is 21.7 Å². The third kappa shape index (κ3) is 4.44. The van der Waals surface area contributed by atoms with Crippen LogP contribution in [-0.2, 0) is 16.1 Å². The monoisotopic (exact) mass is 438 g/mol. The summed E-state index contributed by atoms with van der Waals surface area (Å²) >= 11 is 6.05. The number of aromatic nitrogens is 4. The van der Waals surface area contributed by atoms with E-state index in [0.29, 0.717) is 10.5 Å². The van der Waals surface area contributed by atoms with Gasteiger partial charge in [-0.15, -0.1) is 4.73 Å². The van der Waals surface area contributed by atoms with Crippen molar-refractivity contribution >= 4 is 28.5 Å². The fraction of sp³-hybridized carbons (Fsp3) is 0.182. The van der Waals surface area contributed by atoms with Gasteiger partial charge in [-0.05, 0) is 43.7 Å². The number of fused-ring (bicyclic) bond motifs is 1. The summed E-state index contributed by atoms with van der Waals surface area (Å²) in [6, 6.07) is 15.9. The van der Waals surface area contributed by atoms with E-state index < -0.39 is 18.1 Å². The van der Waals surface area contributed by atoms with Crippen molar-refractivity contribution in [2.75, 3.05) is 6.61 Å². The molecule has 2 heterocycles. The highest BCUT2D eigenvalue weighted by atomic mass is 35.5. The Kier molecular flexibility index (Phi) is 5.73. The molecule has 0 bridgehead atoms. The number of carbonyl (C=O) groups excluding carboxylic acids is 1. The van der Waals surface area contributed by atoms with E-state index in [2.05, 4.69) is 10.1 Å². The zero-order valence-corrected chi connectivity index (χ0v) is 17.7. The van der Waals surface area contributed by atoms with E-state index in [1.807, 2.05) is 50.2 Å². The van der Waals surface area contributed by atoms with Crippen LogP contribution in [0.25, 0.3) is 16.9 Å². The molecule has 0 amide bonds. The van der Waals surface area contributed by atoms with Gasteiger partial charge in [0.2, 0.25) is 6.61 Å². The van der Waals surface area contributed by atoms with Gasteiger partial charge in [0, 0.05) is 10.7 Å². The standard InChI is InChI=1S/C22H19ClN4O4/c1-14-10-15(2)26(25-14)22-24-19-9-8-17(23)11-18(19)21(29)27(22)31-13-20(28)30-12-16-6-4-3-5-7-16/h3-11H,12-13H2,1-2H3. The molecule has 0 unspecified atom stereocenters. The normalized spacial score (nSPS) is 10.9.